The molecule has 1 aliphatic rings. The molecule has 0 aromatic heterocycles. The van der Waals surface area contributed by atoms with Crippen molar-refractivity contribution in [3.8, 4) is 0 Å². The summed E-state index contributed by atoms with van der Waals surface area (Å²) in [5.41, 5.74) is 2.69. The summed E-state index contributed by atoms with van der Waals surface area (Å²) in [6.07, 6.45) is 3.36. The first-order chi connectivity index (χ1) is 5.22. The fourth-order valence-corrected chi connectivity index (χ4v) is 1.61. The topological polar surface area (TPSA) is 12.0 Å². The molecular formula is C9H15NS. The molecule has 0 bridgehead atoms. The maximum atomic E-state index is 3.37. The fraction of sp³-hybridized carbons (Fsp3) is 0.556. The first-order valence-electron chi connectivity index (χ1n) is 4.01. The van der Waals surface area contributed by atoms with Gasteiger partial charge in [-0.1, -0.05) is 12.5 Å². The molecule has 0 radical (unpaired) electrons. The number of nitrogens with one attached hydrogen (secondary N) is 1. The van der Waals surface area contributed by atoms with Gasteiger partial charge in [0, 0.05) is 5.70 Å². The van der Waals surface area contributed by atoms with Gasteiger partial charge in [-0.3, -0.25) is 0 Å². The van der Waals surface area contributed by atoms with Gasteiger partial charge in [0.05, 0.1) is 5.37 Å². The molecule has 0 aromatic carbocycles. The smallest absolute Gasteiger partial charge is 0.0735 e. The van der Waals surface area contributed by atoms with E-state index in [1.165, 1.54) is 11.3 Å². The molecule has 1 unspecified atom stereocenters. The normalized spacial score (nSPS) is 24.8. The van der Waals surface area contributed by atoms with Crippen molar-refractivity contribution in [2.45, 2.75) is 32.6 Å². The Hall–Kier alpha value is -0.370. The first kappa shape index (κ1) is 8.72. The summed E-state index contributed by atoms with van der Waals surface area (Å²) in [7, 11) is 0. The molecule has 1 rings (SSSR count). The van der Waals surface area contributed by atoms with Gasteiger partial charge >= 0.3 is 0 Å². The van der Waals surface area contributed by atoms with E-state index in [-0.39, 0.29) is 0 Å². The second-order valence-electron chi connectivity index (χ2n) is 2.84. The minimum atomic E-state index is 0.547. The second kappa shape index (κ2) is 3.86. The summed E-state index contributed by atoms with van der Waals surface area (Å²) in [4.78, 5) is 0. The van der Waals surface area contributed by atoms with Gasteiger partial charge in [0.1, 0.15) is 0 Å². The molecular weight excluding hydrogens is 154 g/mol. The summed E-state index contributed by atoms with van der Waals surface area (Å²) in [6.45, 7) is 6.51. The van der Waals surface area contributed by atoms with E-state index in [0.29, 0.717) is 5.37 Å². The quantitative estimate of drug-likeness (QED) is 0.682. The summed E-state index contributed by atoms with van der Waals surface area (Å²) < 4.78 is 0. The summed E-state index contributed by atoms with van der Waals surface area (Å²) in [5.74, 6) is 0. The Bertz CT molecular complexity index is 194. The lowest BCUT2D eigenvalue weighted by atomic mass is 10.2. The van der Waals surface area contributed by atoms with Gasteiger partial charge in [0.15, 0.2) is 0 Å². The summed E-state index contributed by atoms with van der Waals surface area (Å²) in [6, 6.07) is 0. The molecule has 1 aliphatic heterocycles. The van der Waals surface area contributed by atoms with Crippen LogP contribution in [0.4, 0.5) is 0 Å². The molecule has 1 N–H and O–H groups in total. The SMILES string of the molecule is CC/C(C)=C/C1=CSC(C)N1. The van der Waals surface area contributed by atoms with Crippen molar-refractivity contribution < 1.29 is 0 Å². The molecule has 0 saturated heterocycles. The largest absolute Gasteiger partial charge is 0.373 e. The Morgan fingerprint density at radius 1 is 1.82 bits per heavy atom. The van der Waals surface area contributed by atoms with Crippen LogP contribution in [-0.4, -0.2) is 5.37 Å². The zero-order valence-electron chi connectivity index (χ0n) is 7.35. The summed E-state index contributed by atoms with van der Waals surface area (Å²) in [5, 5.41) is 6.10. The van der Waals surface area contributed by atoms with E-state index < -0.39 is 0 Å². The van der Waals surface area contributed by atoms with Gasteiger partial charge in [-0.05, 0) is 31.8 Å². The zero-order valence-corrected chi connectivity index (χ0v) is 8.16. The molecule has 1 atom stereocenters. The van der Waals surface area contributed by atoms with Crippen LogP contribution in [-0.2, 0) is 0 Å². The van der Waals surface area contributed by atoms with E-state index in [2.05, 4.69) is 37.6 Å². The van der Waals surface area contributed by atoms with Gasteiger partial charge in [-0.2, -0.15) is 0 Å². The molecule has 0 amide bonds. The minimum Gasteiger partial charge on any atom is -0.373 e. The van der Waals surface area contributed by atoms with Crippen molar-refractivity contribution in [3.63, 3.8) is 0 Å². The van der Waals surface area contributed by atoms with Crippen molar-refractivity contribution in [2.24, 2.45) is 0 Å². The van der Waals surface area contributed by atoms with Crippen LogP contribution in [0.15, 0.2) is 22.8 Å². The molecule has 2 heteroatoms. The van der Waals surface area contributed by atoms with Crippen LogP contribution in [0, 0.1) is 0 Å². The average Bonchev–Trinajstić information content (AvgIpc) is 2.35. The van der Waals surface area contributed by atoms with Crippen LogP contribution in [0.25, 0.3) is 0 Å². The number of allylic oxidation sites excluding steroid dienone is 2. The van der Waals surface area contributed by atoms with E-state index in [4.69, 9.17) is 0 Å². The molecule has 1 nitrogen and oxygen atoms in total. The third-order valence-electron chi connectivity index (χ3n) is 1.73. The number of thioether (sulfide) groups is 1. The van der Waals surface area contributed by atoms with Crippen LogP contribution >= 0.6 is 11.8 Å². The lowest BCUT2D eigenvalue weighted by molar-refractivity contribution is 0.838. The van der Waals surface area contributed by atoms with Gasteiger partial charge in [0.2, 0.25) is 0 Å². The Kier molecular flexibility index (Phi) is 3.06. The van der Waals surface area contributed by atoms with Crippen LogP contribution in [0.2, 0.25) is 0 Å². The highest BCUT2D eigenvalue weighted by molar-refractivity contribution is 8.02. The van der Waals surface area contributed by atoms with Crippen molar-refractivity contribution >= 4 is 11.8 Å². The van der Waals surface area contributed by atoms with Gasteiger partial charge in [-0.25, -0.2) is 0 Å². The maximum absolute atomic E-state index is 3.37. The predicted octanol–water partition coefficient (Wildman–Crippen LogP) is 2.87. The zero-order chi connectivity index (χ0) is 8.27. The Balaban J connectivity index is 2.51. The predicted molar refractivity (Wildman–Crippen MR) is 52.3 cm³/mol. The van der Waals surface area contributed by atoms with Crippen LogP contribution in [0.3, 0.4) is 0 Å². The molecule has 0 aromatic rings. The highest BCUT2D eigenvalue weighted by atomic mass is 32.2. The van der Waals surface area contributed by atoms with E-state index in [1.807, 2.05) is 11.8 Å². The monoisotopic (exact) mass is 169 g/mol. The van der Waals surface area contributed by atoms with Crippen molar-refractivity contribution in [2.75, 3.05) is 0 Å². The highest BCUT2D eigenvalue weighted by Gasteiger charge is 2.08. The van der Waals surface area contributed by atoms with Gasteiger partial charge < -0.3 is 5.32 Å². The number of hydrogen-bond donors (Lipinski definition) is 1. The van der Waals surface area contributed by atoms with Crippen molar-refractivity contribution in [3.05, 3.63) is 22.8 Å². The van der Waals surface area contributed by atoms with E-state index in [9.17, 15) is 0 Å². The van der Waals surface area contributed by atoms with Crippen LogP contribution in [0.5, 0.6) is 0 Å². The molecule has 0 aliphatic carbocycles. The number of hydrogen-bond acceptors (Lipinski definition) is 2. The van der Waals surface area contributed by atoms with E-state index in [0.717, 1.165) is 6.42 Å². The lowest BCUT2D eigenvalue weighted by Crippen LogP contribution is -2.15. The first-order valence-corrected chi connectivity index (χ1v) is 4.96. The fourth-order valence-electron chi connectivity index (χ4n) is 0.921. The Morgan fingerprint density at radius 3 is 3.00 bits per heavy atom. The van der Waals surface area contributed by atoms with Gasteiger partial charge in [0.25, 0.3) is 0 Å². The average molecular weight is 169 g/mol. The van der Waals surface area contributed by atoms with Crippen LogP contribution in [0.1, 0.15) is 27.2 Å². The standard InChI is InChI=1S/C9H15NS/c1-4-7(2)5-9-6-11-8(3)10-9/h5-6,8,10H,4H2,1-3H3/b7-5+. The van der Waals surface area contributed by atoms with E-state index in [1.54, 1.807) is 0 Å². The lowest BCUT2D eigenvalue weighted by Gasteiger charge is -2.03. The molecule has 0 spiro atoms. The van der Waals surface area contributed by atoms with Crippen molar-refractivity contribution in [1.82, 2.24) is 5.32 Å². The van der Waals surface area contributed by atoms with Gasteiger partial charge in [-0.15, -0.1) is 11.8 Å². The number of rotatable bonds is 2. The van der Waals surface area contributed by atoms with E-state index >= 15 is 0 Å². The molecule has 0 saturated carbocycles. The molecule has 62 valence electrons. The Labute approximate surface area is 72.9 Å². The maximum Gasteiger partial charge on any atom is 0.0735 e. The highest BCUT2D eigenvalue weighted by Crippen LogP contribution is 2.21. The third-order valence-corrected chi connectivity index (χ3v) is 2.64. The molecule has 0 fully saturated rings. The van der Waals surface area contributed by atoms with Crippen molar-refractivity contribution in [1.29, 1.82) is 0 Å². The second-order valence-corrected chi connectivity index (χ2v) is 4.06. The molecule has 1 heterocycles. The molecule has 11 heavy (non-hydrogen) atoms. The minimum absolute atomic E-state index is 0.547. The Morgan fingerprint density at radius 2 is 2.55 bits per heavy atom. The van der Waals surface area contributed by atoms with Crippen LogP contribution < -0.4 is 5.32 Å². The summed E-state index contributed by atoms with van der Waals surface area (Å²) >= 11 is 1.84. The third kappa shape index (κ3) is 2.62.